The minimum Gasteiger partial charge on any atom is -0.437 e. The van der Waals surface area contributed by atoms with Gasteiger partial charge in [0.2, 0.25) is 11.8 Å². The zero-order valence-corrected chi connectivity index (χ0v) is 15.9. The summed E-state index contributed by atoms with van der Waals surface area (Å²) >= 11 is 0. The Morgan fingerprint density at radius 1 is 1.14 bits per heavy atom. The lowest BCUT2D eigenvalue weighted by atomic mass is 10.1. The molecule has 0 unspecified atom stereocenters. The van der Waals surface area contributed by atoms with Crippen LogP contribution in [0.25, 0.3) is 17.2 Å². The number of nitrogens with zero attached hydrogens (tertiary/aromatic N) is 3. The monoisotopic (exact) mass is 377 g/mol. The van der Waals surface area contributed by atoms with E-state index >= 15 is 0 Å². The number of carbonyl (C=O) groups excluding carboxylic acids is 1. The van der Waals surface area contributed by atoms with Crippen LogP contribution in [0.5, 0.6) is 0 Å². The van der Waals surface area contributed by atoms with Crippen molar-refractivity contribution < 1.29 is 13.9 Å². The van der Waals surface area contributed by atoms with Crippen molar-refractivity contribution in [2.75, 3.05) is 38.3 Å². The third kappa shape index (κ3) is 4.23. The molecule has 144 valence electrons. The van der Waals surface area contributed by atoms with Crippen molar-refractivity contribution in [1.29, 1.82) is 0 Å². The first kappa shape index (κ1) is 18.3. The highest BCUT2D eigenvalue weighted by atomic mass is 16.5. The molecule has 1 saturated heterocycles. The fourth-order valence-corrected chi connectivity index (χ4v) is 3.22. The molecule has 1 aliphatic heterocycles. The minimum absolute atomic E-state index is 0.0977. The van der Waals surface area contributed by atoms with E-state index in [0.717, 1.165) is 37.4 Å². The molecule has 4 rings (SSSR count). The van der Waals surface area contributed by atoms with Crippen LogP contribution >= 0.6 is 0 Å². The van der Waals surface area contributed by atoms with Gasteiger partial charge in [0.1, 0.15) is 5.52 Å². The van der Waals surface area contributed by atoms with Gasteiger partial charge in [0.15, 0.2) is 5.58 Å². The Balaban J connectivity index is 1.35. The van der Waals surface area contributed by atoms with Crippen LogP contribution in [0.2, 0.25) is 0 Å². The van der Waals surface area contributed by atoms with Crippen LogP contribution in [0.15, 0.2) is 59.0 Å². The normalized spacial score (nSPS) is 14.7. The Morgan fingerprint density at radius 3 is 2.64 bits per heavy atom. The van der Waals surface area contributed by atoms with Crippen molar-refractivity contribution in [3.05, 3.63) is 66.1 Å². The van der Waals surface area contributed by atoms with E-state index in [-0.39, 0.29) is 5.91 Å². The van der Waals surface area contributed by atoms with Crippen molar-refractivity contribution >= 4 is 28.8 Å². The summed E-state index contributed by atoms with van der Waals surface area (Å²) in [6.07, 6.45) is 3.10. The Bertz CT molecular complexity index is 939. The number of fused-ring (bicyclic) bond motifs is 1. The molecular formula is C22H23N3O3. The number of morpholine rings is 1. The van der Waals surface area contributed by atoms with Gasteiger partial charge in [-0.05, 0) is 29.8 Å². The van der Waals surface area contributed by atoms with Crippen LogP contribution in [0, 0.1) is 0 Å². The first-order valence-corrected chi connectivity index (χ1v) is 9.39. The number of amides is 1. The maximum Gasteiger partial charge on any atom is 0.246 e. The van der Waals surface area contributed by atoms with E-state index in [1.54, 1.807) is 18.0 Å². The Hall–Kier alpha value is -3.12. The summed E-state index contributed by atoms with van der Waals surface area (Å²) in [6, 6.07) is 15.9. The zero-order chi connectivity index (χ0) is 19.3. The van der Waals surface area contributed by atoms with E-state index in [1.165, 1.54) is 11.8 Å². The highest BCUT2D eigenvalue weighted by molar-refractivity contribution is 5.91. The van der Waals surface area contributed by atoms with Gasteiger partial charge in [-0.15, -0.1) is 0 Å². The van der Waals surface area contributed by atoms with E-state index in [4.69, 9.17) is 9.15 Å². The first-order valence-electron chi connectivity index (χ1n) is 9.39. The standard InChI is InChI=1S/C22H23N3O3/c1-24(16-17-6-8-18(9-7-17)25-12-14-27-15-13-25)22(26)11-10-21-23-19-4-2-3-5-20(19)28-21/h2-11H,12-16H2,1H3/b11-10+. The molecule has 0 radical (unpaired) electrons. The summed E-state index contributed by atoms with van der Waals surface area (Å²) < 4.78 is 11.0. The molecule has 3 aromatic rings. The fourth-order valence-electron chi connectivity index (χ4n) is 3.22. The predicted octanol–water partition coefficient (Wildman–Crippen LogP) is 3.34. The van der Waals surface area contributed by atoms with Crippen molar-refractivity contribution in [3.8, 4) is 0 Å². The second kappa shape index (κ2) is 8.27. The smallest absolute Gasteiger partial charge is 0.246 e. The van der Waals surface area contributed by atoms with Gasteiger partial charge in [0, 0.05) is 44.5 Å². The summed E-state index contributed by atoms with van der Waals surface area (Å²) in [5, 5.41) is 0. The molecule has 0 bridgehead atoms. The van der Waals surface area contributed by atoms with Crippen LogP contribution < -0.4 is 4.90 Å². The fraction of sp³-hybridized carbons (Fsp3) is 0.273. The highest BCUT2D eigenvalue weighted by Gasteiger charge is 2.12. The van der Waals surface area contributed by atoms with Gasteiger partial charge in [-0.1, -0.05) is 24.3 Å². The molecule has 2 aromatic carbocycles. The van der Waals surface area contributed by atoms with Crippen molar-refractivity contribution in [1.82, 2.24) is 9.88 Å². The lowest BCUT2D eigenvalue weighted by molar-refractivity contribution is -0.125. The predicted molar refractivity (Wildman–Crippen MR) is 109 cm³/mol. The van der Waals surface area contributed by atoms with Crippen LogP contribution in [-0.4, -0.2) is 49.1 Å². The van der Waals surface area contributed by atoms with E-state index in [9.17, 15) is 4.79 Å². The molecule has 1 aliphatic rings. The molecule has 0 saturated carbocycles. The van der Waals surface area contributed by atoms with Gasteiger partial charge in [-0.3, -0.25) is 4.79 Å². The molecule has 6 heteroatoms. The average molecular weight is 377 g/mol. The number of benzene rings is 2. The lowest BCUT2D eigenvalue weighted by Crippen LogP contribution is -2.36. The molecule has 0 spiro atoms. The minimum atomic E-state index is -0.0977. The number of rotatable bonds is 5. The number of carbonyl (C=O) groups is 1. The molecule has 0 atom stereocenters. The van der Waals surface area contributed by atoms with Crippen LogP contribution in [0.4, 0.5) is 5.69 Å². The Morgan fingerprint density at radius 2 is 1.89 bits per heavy atom. The van der Waals surface area contributed by atoms with E-state index < -0.39 is 0 Å². The topological polar surface area (TPSA) is 58.8 Å². The third-order valence-corrected chi connectivity index (χ3v) is 4.79. The molecule has 1 amide bonds. The molecule has 28 heavy (non-hydrogen) atoms. The number of ether oxygens (including phenoxy) is 1. The number of hydrogen-bond donors (Lipinski definition) is 0. The van der Waals surface area contributed by atoms with Crippen LogP contribution in [-0.2, 0) is 16.1 Å². The second-order valence-corrected chi connectivity index (χ2v) is 6.81. The van der Waals surface area contributed by atoms with Gasteiger partial charge >= 0.3 is 0 Å². The number of aromatic nitrogens is 1. The molecule has 1 aromatic heterocycles. The summed E-state index contributed by atoms with van der Waals surface area (Å²) in [6.45, 7) is 3.91. The van der Waals surface area contributed by atoms with E-state index in [2.05, 4.69) is 34.1 Å². The number of oxazole rings is 1. The van der Waals surface area contributed by atoms with Gasteiger partial charge in [0.25, 0.3) is 0 Å². The lowest BCUT2D eigenvalue weighted by Gasteiger charge is -2.29. The number of likely N-dealkylation sites (N-methyl/N-ethyl adjacent to an activating group) is 1. The van der Waals surface area contributed by atoms with Crippen molar-refractivity contribution in [2.45, 2.75) is 6.54 Å². The maximum absolute atomic E-state index is 12.4. The van der Waals surface area contributed by atoms with Crippen LogP contribution in [0.3, 0.4) is 0 Å². The van der Waals surface area contributed by atoms with E-state index in [1.807, 2.05) is 24.3 Å². The quantitative estimate of drug-likeness (QED) is 0.639. The molecule has 1 fully saturated rings. The maximum atomic E-state index is 12.4. The Kier molecular flexibility index (Phi) is 5.39. The molecule has 6 nitrogen and oxygen atoms in total. The first-order chi connectivity index (χ1) is 13.7. The third-order valence-electron chi connectivity index (χ3n) is 4.79. The SMILES string of the molecule is CN(Cc1ccc(N2CCOCC2)cc1)C(=O)/C=C/c1nc2ccccc2o1. The van der Waals surface area contributed by atoms with Crippen LogP contribution in [0.1, 0.15) is 11.5 Å². The molecular weight excluding hydrogens is 354 g/mol. The average Bonchev–Trinajstić information content (AvgIpc) is 3.16. The van der Waals surface area contributed by atoms with Gasteiger partial charge in [-0.2, -0.15) is 0 Å². The largest absolute Gasteiger partial charge is 0.437 e. The number of hydrogen-bond acceptors (Lipinski definition) is 5. The zero-order valence-electron chi connectivity index (χ0n) is 15.9. The van der Waals surface area contributed by atoms with E-state index in [0.29, 0.717) is 18.0 Å². The Labute approximate surface area is 164 Å². The number of para-hydroxylation sites is 2. The second-order valence-electron chi connectivity index (χ2n) is 6.81. The summed E-state index contributed by atoms with van der Waals surface area (Å²) in [5.74, 6) is 0.331. The molecule has 0 aliphatic carbocycles. The van der Waals surface area contributed by atoms with Gasteiger partial charge in [-0.25, -0.2) is 4.98 Å². The van der Waals surface area contributed by atoms with Gasteiger partial charge < -0.3 is 19.0 Å². The van der Waals surface area contributed by atoms with Crippen molar-refractivity contribution in [3.63, 3.8) is 0 Å². The molecule has 0 N–H and O–H groups in total. The number of anilines is 1. The van der Waals surface area contributed by atoms with Gasteiger partial charge in [0.05, 0.1) is 13.2 Å². The van der Waals surface area contributed by atoms with Crippen molar-refractivity contribution in [2.24, 2.45) is 0 Å². The summed E-state index contributed by atoms with van der Waals surface area (Å²) in [5.41, 5.74) is 3.77. The summed E-state index contributed by atoms with van der Waals surface area (Å²) in [4.78, 5) is 20.7. The summed E-state index contributed by atoms with van der Waals surface area (Å²) in [7, 11) is 1.79. The molecule has 2 heterocycles. The highest BCUT2D eigenvalue weighted by Crippen LogP contribution is 2.18.